The van der Waals surface area contributed by atoms with E-state index in [-0.39, 0.29) is 5.56 Å². The molecule has 0 saturated heterocycles. The number of pyridine rings is 1. The zero-order valence-electron chi connectivity index (χ0n) is 8.22. The van der Waals surface area contributed by atoms with Gasteiger partial charge in [0, 0.05) is 17.1 Å². The molecule has 2 rings (SSSR count). The summed E-state index contributed by atoms with van der Waals surface area (Å²) in [6.07, 6.45) is -0.836. The molecular weight excluding hydrogens is 207 g/mol. The number of ketones is 1. The number of carbonyl (C=O) groups excluding carboxylic acids is 1. The average molecular weight is 214 g/mol. The van der Waals surface area contributed by atoms with E-state index in [4.69, 9.17) is 5.26 Å². The predicted octanol–water partition coefficient (Wildman–Crippen LogP) is 2.28. The fourth-order valence-corrected chi connectivity index (χ4v) is 1.41. The predicted molar refractivity (Wildman–Crippen MR) is 56.6 cm³/mol. The van der Waals surface area contributed by atoms with Crippen LogP contribution in [0.5, 0.6) is 0 Å². The Balaban J connectivity index is 2.48. The van der Waals surface area contributed by atoms with E-state index in [1.807, 2.05) is 6.07 Å². The van der Waals surface area contributed by atoms with Crippen LogP contribution in [0, 0.1) is 11.3 Å². The Morgan fingerprint density at radius 3 is 2.94 bits per heavy atom. The van der Waals surface area contributed by atoms with E-state index < -0.39 is 12.0 Å². The molecule has 0 N–H and O–H groups in total. The molecule has 0 fully saturated rings. The number of aromatic nitrogens is 1. The van der Waals surface area contributed by atoms with Crippen molar-refractivity contribution in [1.29, 1.82) is 5.26 Å². The van der Waals surface area contributed by atoms with Gasteiger partial charge >= 0.3 is 0 Å². The summed E-state index contributed by atoms with van der Waals surface area (Å²) in [6.45, 7) is 0. The second kappa shape index (κ2) is 4.07. The van der Waals surface area contributed by atoms with Crippen LogP contribution in [-0.4, -0.2) is 16.9 Å². The Labute approximate surface area is 91.1 Å². The Morgan fingerprint density at radius 1 is 1.44 bits per heavy atom. The van der Waals surface area contributed by atoms with Crippen molar-refractivity contribution in [3.63, 3.8) is 0 Å². The van der Waals surface area contributed by atoms with Crippen LogP contribution in [0.4, 0.5) is 4.39 Å². The third-order valence-corrected chi connectivity index (χ3v) is 2.22. The zero-order valence-corrected chi connectivity index (χ0v) is 8.22. The Bertz CT molecular complexity index is 589. The summed E-state index contributed by atoms with van der Waals surface area (Å²) in [6, 6.07) is 10.00. The van der Waals surface area contributed by atoms with Crippen molar-refractivity contribution >= 4 is 16.7 Å². The zero-order chi connectivity index (χ0) is 11.5. The largest absolute Gasteiger partial charge is 0.290 e. The number of Topliss-reactive ketones (excluding diaryl/α,β-unsaturated/α-hetero) is 1. The lowest BCUT2D eigenvalue weighted by molar-refractivity contribution is 0.0918. The van der Waals surface area contributed by atoms with E-state index in [1.165, 1.54) is 18.3 Å². The van der Waals surface area contributed by atoms with Crippen LogP contribution in [0.25, 0.3) is 10.9 Å². The normalized spacial score (nSPS) is 12.0. The third kappa shape index (κ3) is 1.75. The first-order chi connectivity index (χ1) is 7.72. The van der Waals surface area contributed by atoms with Crippen molar-refractivity contribution < 1.29 is 9.18 Å². The Morgan fingerprint density at radius 2 is 2.19 bits per heavy atom. The number of benzene rings is 1. The van der Waals surface area contributed by atoms with Crippen molar-refractivity contribution in [2.75, 3.05) is 0 Å². The molecule has 0 aliphatic carbocycles. The molecule has 0 aliphatic rings. The number of hydrogen-bond acceptors (Lipinski definition) is 3. The van der Waals surface area contributed by atoms with E-state index >= 15 is 0 Å². The summed E-state index contributed by atoms with van der Waals surface area (Å²) in [7, 11) is 0. The van der Waals surface area contributed by atoms with E-state index in [0.29, 0.717) is 0 Å². The van der Waals surface area contributed by atoms with Gasteiger partial charge in [0.15, 0.2) is 0 Å². The van der Waals surface area contributed by atoms with Gasteiger partial charge in [-0.1, -0.05) is 18.2 Å². The van der Waals surface area contributed by atoms with Crippen LogP contribution >= 0.6 is 0 Å². The van der Waals surface area contributed by atoms with Gasteiger partial charge in [-0.25, -0.2) is 4.39 Å². The molecule has 0 amide bonds. The van der Waals surface area contributed by atoms with Gasteiger partial charge in [0.05, 0.1) is 5.52 Å². The monoisotopic (exact) mass is 214 g/mol. The standard InChI is InChI=1S/C12H7FN2O/c13-10(6-14)12(16)9-5-8-3-1-2-4-11(8)15-7-9/h1-5,7,10H. The van der Waals surface area contributed by atoms with Gasteiger partial charge in [0.1, 0.15) is 6.07 Å². The van der Waals surface area contributed by atoms with Crippen LogP contribution in [-0.2, 0) is 0 Å². The van der Waals surface area contributed by atoms with Crippen molar-refractivity contribution in [2.45, 2.75) is 6.17 Å². The molecule has 1 aromatic carbocycles. The lowest BCUT2D eigenvalue weighted by Crippen LogP contribution is -2.13. The summed E-state index contributed by atoms with van der Waals surface area (Å²) < 4.78 is 12.9. The first kappa shape index (κ1) is 10.2. The quantitative estimate of drug-likeness (QED) is 0.720. The van der Waals surface area contributed by atoms with Gasteiger partial charge in [-0.3, -0.25) is 9.78 Å². The number of carbonyl (C=O) groups is 1. The first-order valence-electron chi connectivity index (χ1n) is 4.65. The maximum absolute atomic E-state index is 12.9. The van der Waals surface area contributed by atoms with E-state index in [9.17, 15) is 9.18 Å². The summed E-state index contributed by atoms with van der Waals surface area (Å²) in [5.41, 5.74) is 0.846. The van der Waals surface area contributed by atoms with Crippen molar-refractivity contribution in [1.82, 2.24) is 4.98 Å². The minimum Gasteiger partial charge on any atom is -0.290 e. The number of halogens is 1. The second-order valence-electron chi connectivity index (χ2n) is 3.27. The molecular formula is C12H7FN2O. The number of para-hydroxylation sites is 1. The lowest BCUT2D eigenvalue weighted by atomic mass is 10.1. The highest BCUT2D eigenvalue weighted by atomic mass is 19.1. The van der Waals surface area contributed by atoms with Crippen molar-refractivity contribution in [3.8, 4) is 6.07 Å². The molecule has 1 unspecified atom stereocenters. The average Bonchev–Trinajstić information content (AvgIpc) is 2.36. The Hall–Kier alpha value is -2.28. The van der Waals surface area contributed by atoms with E-state index in [1.54, 1.807) is 18.2 Å². The van der Waals surface area contributed by atoms with Gasteiger partial charge in [0.2, 0.25) is 12.0 Å². The molecule has 78 valence electrons. The van der Waals surface area contributed by atoms with Gasteiger partial charge in [0.25, 0.3) is 0 Å². The second-order valence-corrected chi connectivity index (χ2v) is 3.27. The number of nitriles is 1. The molecule has 1 heterocycles. The molecule has 1 atom stereocenters. The van der Waals surface area contributed by atoms with Gasteiger partial charge in [-0.05, 0) is 12.1 Å². The fraction of sp³-hybridized carbons (Fsp3) is 0.0833. The van der Waals surface area contributed by atoms with Crippen LogP contribution in [0.15, 0.2) is 36.5 Å². The molecule has 16 heavy (non-hydrogen) atoms. The van der Waals surface area contributed by atoms with Crippen molar-refractivity contribution in [3.05, 3.63) is 42.1 Å². The van der Waals surface area contributed by atoms with E-state index in [2.05, 4.69) is 4.98 Å². The van der Waals surface area contributed by atoms with E-state index in [0.717, 1.165) is 10.9 Å². The van der Waals surface area contributed by atoms with Crippen LogP contribution in [0.2, 0.25) is 0 Å². The highest BCUT2D eigenvalue weighted by Gasteiger charge is 2.18. The van der Waals surface area contributed by atoms with Crippen LogP contribution < -0.4 is 0 Å². The fourth-order valence-electron chi connectivity index (χ4n) is 1.41. The Kier molecular flexibility index (Phi) is 2.61. The summed E-state index contributed by atoms with van der Waals surface area (Å²) in [5, 5.41) is 9.06. The number of rotatable bonds is 2. The van der Waals surface area contributed by atoms with Gasteiger partial charge < -0.3 is 0 Å². The summed E-state index contributed by atoms with van der Waals surface area (Å²) in [5.74, 6) is -0.847. The smallest absolute Gasteiger partial charge is 0.248 e. The maximum Gasteiger partial charge on any atom is 0.248 e. The molecule has 0 bridgehead atoms. The molecule has 0 saturated carbocycles. The first-order valence-corrected chi connectivity index (χ1v) is 4.65. The maximum atomic E-state index is 12.9. The van der Waals surface area contributed by atoms with Gasteiger partial charge in [-0.15, -0.1) is 0 Å². The number of fused-ring (bicyclic) bond motifs is 1. The molecule has 0 aliphatic heterocycles. The molecule has 4 heteroatoms. The third-order valence-electron chi connectivity index (χ3n) is 2.22. The minimum absolute atomic E-state index is 0.118. The SMILES string of the molecule is N#CC(F)C(=O)c1cnc2ccccc2c1. The molecule has 0 radical (unpaired) electrons. The molecule has 3 nitrogen and oxygen atoms in total. The highest BCUT2D eigenvalue weighted by Crippen LogP contribution is 2.14. The topological polar surface area (TPSA) is 53.8 Å². The van der Waals surface area contributed by atoms with Gasteiger partial charge in [-0.2, -0.15) is 5.26 Å². The highest BCUT2D eigenvalue weighted by molar-refractivity contribution is 6.02. The number of hydrogen-bond donors (Lipinski definition) is 0. The summed E-state index contributed by atoms with van der Waals surface area (Å²) >= 11 is 0. The summed E-state index contributed by atoms with van der Waals surface area (Å²) in [4.78, 5) is 15.4. The van der Waals surface area contributed by atoms with Crippen LogP contribution in [0.3, 0.4) is 0 Å². The minimum atomic E-state index is -2.12. The molecule has 0 spiro atoms. The molecule has 1 aromatic heterocycles. The molecule has 2 aromatic rings. The number of nitrogens with zero attached hydrogens (tertiary/aromatic N) is 2. The lowest BCUT2D eigenvalue weighted by Gasteiger charge is -2.01. The van der Waals surface area contributed by atoms with Crippen molar-refractivity contribution in [2.24, 2.45) is 0 Å². The number of alkyl halides is 1. The van der Waals surface area contributed by atoms with Crippen LogP contribution in [0.1, 0.15) is 10.4 Å².